The smallest absolute Gasteiger partial charge is 0.342 e. The number of hydrogen-bond donors (Lipinski definition) is 0. The first-order chi connectivity index (χ1) is 17.6. The first-order valence-corrected chi connectivity index (χ1v) is 12.8. The first-order valence-electron chi connectivity index (χ1n) is 10.9. The highest BCUT2D eigenvalue weighted by atomic mass is 32.2. The average molecular weight is 527 g/mol. The van der Waals surface area contributed by atoms with Crippen LogP contribution < -0.4 is 0 Å². The molecule has 0 N–H and O–H groups in total. The quantitative estimate of drug-likeness (QED) is 0.309. The minimum atomic E-state index is -4.81. The van der Waals surface area contributed by atoms with Crippen molar-refractivity contribution in [2.45, 2.75) is 17.9 Å². The first kappa shape index (κ1) is 25.8. The summed E-state index contributed by atoms with van der Waals surface area (Å²) in [6, 6.07) is 19.0. The summed E-state index contributed by atoms with van der Waals surface area (Å²) in [5, 5.41) is 3.29. The van der Waals surface area contributed by atoms with Crippen LogP contribution in [-0.4, -0.2) is 44.0 Å². The number of pyridine rings is 1. The Kier molecular flexibility index (Phi) is 7.48. The highest BCUT2D eigenvalue weighted by Gasteiger charge is 2.35. The molecule has 0 bridgehead atoms. The predicted octanol–water partition coefficient (Wildman–Crippen LogP) is 4.68. The van der Waals surface area contributed by atoms with E-state index in [0.29, 0.717) is 12.2 Å². The fraction of sp³-hybridized carbons (Fsp3) is 0.120. The minimum absolute atomic E-state index is 0.124. The van der Waals surface area contributed by atoms with E-state index in [9.17, 15) is 21.6 Å². The van der Waals surface area contributed by atoms with Crippen molar-refractivity contribution >= 4 is 9.84 Å². The Bertz CT molecular complexity index is 1520. The molecule has 0 aliphatic heterocycles. The summed E-state index contributed by atoms with van der Waals surface area (Å²) in [7, 11) is -4.04. The molecule has 190 valence electrons. The molecule has 0 amide bonds. The standard InChI is InChI=1S/C20H16F3N5O2S.C5H5N/c1-31(29,30)19-25-16(12-18(26-19)20(21,22)23)17-4-2-10-27(17)13-14-5-7-15(8-6-14)28-11-3-9-24-28;1-2-4-6-5-3-1/h2-12H,13H2,1H3;1-5H. The van der Waals surface area contributed by atoms with Crippen LogP contribution in [0.25, 0.3) is 17.1 Å². The van der Waals surface area contributed by atoms with Crippen molar-refractivity contribution in [3.8, 4) is 17.1 Å². The molecule has 0 radical (unpaired) electrons. The molecule has 0 atom stereocenters. The third-order valence-electron chi connectivity index (χ3n) is 5.04. The normalized spacial score (nSPS) is 11.6. The molecule has 1 aromatic carbocycles. The highest BCUT2D eigenvalue weighted by molar-refractivity contribution is 7.90. The number of benzene rings is 1. The maximum atomic E-state index is 13.3. The lowest BCUT2D eigenvalue weighted by Crippen LogP contribution is -2.14. The lowest BCUT2D eigenvalue weighted by Gasteiger charge is -2.13. The Hall–Kier alpha value is -4.32. The Balaban J connectivity index is 0.000000469. The molecule has 0 aliphatic rings. The van der Waals surface area contributed by atoms with Crippen molar-refractivity contribution in [3.05, 3.63) is 109 Å². The molecule has 4 aromatic heterocycles. The zero-order chi connectivity index (χ0) is 26.5. The molecule has 0 saturated heterocycles. The van der Waals surface area contributed by atoms with Crippen molar-refractivity contribution in [1.82, 2.24) is 29.3 Å². The van der Waals surface area contributed by atoms with Gasteiger partial charge in [-0.15, -0.1) is 0 Å². The van der Waals surface area contributed by atoms with Crippen LogP contribution in [0.4, 0.5) is 13.2 Å². The van der Waals surface area contributed by atoms with Gasteiger partial charge in [0.25, 0.3) is 0 Å². The van der Waals surface area contributed by atoms with Crippen LogP contribution in [-0.2, 0) is 22.6 Å². The van der Waals surface area contributed by atoms with Gasteiger partial charge >= 0.3 is 6.18 Å². The summed E-state index contributed by atoms with van der Waals surface area (Å²) in [5.41, 5.74) is 0.663. The number of hydrogen-bond acceptors (Lipinski definition) is 6. The van der Waals surface area contributed by atoms with Gasteiger partial charge in [0.15, 0.2) is 0 Å². The van der Waals surface area contributed by atoms with Crippen LogP contribution in [0, 0.1) is 0 Å². The summed E-state index contributed by atoms with van der Waals surface area (Å²) in [4.78, 5) is 10.9. The number of aromatic nitrogens is 6. The molecule has 5 aromatic rings. The molecule has 0 fully saturated rings. The number of nitrogens with zero attached hydrogens (tertiary/aromatic N) is 6. The molecule has 37 heavy (non-hydrogen) atoms. The number of sulfone groups is 1. The second-order valence-electron chi connectivity index (χ2n) is 7.85. The van der Waals surface area contributed by atoms with Crippen LogP contribution in [0.15, 0.2) is 103 Å². The largest absolute Gasteiger partial charge is 0.433 e. The lowest BCUT2D eigenvalue weighted by molar-refractivity contribution is -0.141. The van der Waals surface area contributed by atoms with E-state index in [1.54, 1.807) is 46.2 Å². The topological polar surface area (TPSA) is 95.6 Å². The van der Waals surface area contributed by atoms with Gasteiger partial charge < -0.3 is 4.57 Å². The second-order valence-corrected chi connectivity index (χ2v) is 9.76. The average Bonchev–Trinajstić information content (AvgIpc) is 3.57. The number of rotatable bonds is 5. The Morgan fingerprint density at radius 1 is 0.865 bits per heavy atom. The van der Waals surface area contributed by atoms with Crippen LogP contribution in [0.1, 0.15) is 11.3 Å². The SMILES string of the molecule is CS(=O)(=O)c1nc(-c2cccn2Cc2ccc(-n3cccn3)cc2)cc(C(F)(F)F)n1.c1ccncc1. The molecule has 0 spiro atoms. The fourth-order valence-electron chi connectivity index (χ4n) is 3.34. The minimum Gasteiger partial charge on any atom is -0.342 e. The van der Waals surface area contributed by atoms with E-state index >= 15 is 0 Å². The van der Waals surface area contributed by atoms with Crippen molar-refractivity contribution in [2.75, 3.05) is 6.26 Å². The number of halogens is 3. The van der Waals surface area contributed by atoms with Gasteiger partial charge in [-0.05, 0) is 54.1 Å². The molecule has 0 saturated carbocycles. The van der Waals surface area contributed by atoms with E-state index in [4.69, 9.17) is 0 Å². The molecule has 0 aliphatic carbocycles. The Morgan fingerprint density at radius 3 is 2.14 bits per heavy atom. The van der Waals surface area contributed by atoms with Gasteiger partial charge in [0.2, 0.25) is 15.0 Å². The highest BCUT2D eigenvalue weighted by Crippen LogP contribution is 2.31. The van der Waals surface area contributed by atoms with Crippen LogP contribution in [0.3, 0.4) is 0 Å². The lowest BCUT2D eigenvalue weighted by atomic mass is 10.2. The van der Waals surface area contributed by atoms with Crippen LogP contribution in [0.5, 0.6) is 0 Å². The van der Waals surface area contributed by atoms with E-state index < -0.39 is 26.9 Å². The van der Waals surface area contributed by atoms with Gasteiger partial charge in [-0.2, -0.15) is 18.3 Å². The van der Waals surface area contributed by atoms with Crippen molar-refractivity contribution in [3.63, 3.8) is 0 Å². The van der Waals surface area contributed by atoms with Gasteiger partial charge in [-0.1, -0.05) is 18.2 Å². The second kappa shape index (κ2) is 10.7. The van der Waals surface area contributed by atoms with Crippen molar-refractivity contribution in [2.24, 2.45) is 0 Å². The van der Waals surface area contributed by atoms with E-state index in [2.05, 4.69) is 20.1 Å². The molecule has 8 nitrogen and oxygen atoms in total. The van der Waals surface area contributed by atoms with Gasteiger partial charge in [-0.3, -0.25) is 4.98 Å². The summed E-state index contributed by atoms with van der Waals surface area (Å²) >= 11 is 0. The number of alkyl halides is 3. The van der Waals surface area contributed by atoms with Gasteiger partial charge in [0, 0.05) is 43.8 Å². The van der Waals surface area contributed by atoms with E-state index in [-0.39, 0.29) is 5.69 Å². The van der Waals surface area contributed by atoms with Crippen LogP contribution >= 0.6 is 0 Å². The maximum Gasteiger partial charge on any atom is 0.433 e. The van der Waals surface area contributed by atoms with E-state index in [1.807, 2.05) is 54.7 Å². The summed E-state index contributed by atoms with van der Waals surface area (Å²) < 4.78 is 66.9. The van der Waals surface area contributed by atoms with Gasteiger partial charge in [-0.25, -0.2) is 23.1 Å². The molecular weight excluding hydrogens is 505 g/mol. The Morgan fingerprint density at radius 2 is 1.59 bits per heavy atom. The third kappa shape index (κ3) is 6.67. The zero-order valence-electron chi connectivity index (χ0n) is 19.5. The molecular formula is C25H21F3N6O2S. The molecule has 5 rings (SSSR count). The van der Waals surface area contributed by atoms with Crippen molar-refractivity contribution < 1.29 is 21.6 Å². The van der Waals surface area contributed by atoms with E-state index in [1.165, 1.54) is 0 Å². The third-order valence-corrected chi connectivity index (χ3v) is 5.89. The van der Waals surface area contributed by atoms with Gasteiger partial charge in [0.1, 0.15) is 5.69 Å². The summed E-state index contributed by atoms with van der Waals surface area (Å²) in [6.45, 7) is 0.348. The van der Waals surface area contributed by atoms with Crippen molar-refractivity contribution in [1.29, 1.82) is 0 Å². The monoisotopic (exact) mass is 526 g/mol. The van der Waals surface area contributed by atoms with Crippen LogP contribution in [0.2, 0.25) is 0 Å². The molecule has 4 heterocycles. The summed E-state index contributed by atoms with van der Waals surface area (Å²) in [6.07, 6.45) is 4.63. The summed E-state index contributed by atoms with van der Waals surface area (Å²) in [5.74, 6) is 0. The van der Waals surface area contributed by atoms with Gasteiger partial charge in [0.05, 0.1) is 17.1 Å². The molecule has 0 unspecified atom stereocenters. The predicted molar refractivity (Wildman–Crippen MR) is 130 cm³/mol. The Labute approximate surface area is 211 Å². The zero-order valence-corrected chi connectivity index (χ0v) is 20.3. The fourth-order valence-corrected chi connectivity index (χ4v) is 3.87. The molecule has 12 heteroatoms. The maximum absolute atomic E-state index is 13.3. The van der Waals surface area contributed by atoms with E-state index in [0.717, 1.165) is 23.6 Å².